The van der Waals surface area contributed by atoms with E-state index in [9.17, 15) is 4.79 Å². The first-order valence-corrected chi connectivity index (χ1v) is 5.05. The summed E-state index contributed by atoms with van der Waals surface area (Å²) >= 11 is 2.18. The summed E-state index contributed by atoms with van der Waals surface area (Å²) in [5, 5.41) is 0. The van der Waals surface area contributed by atoms with E-state index in [4.69, 9.17) is 4.74 Å². The lowest BCUT2D eigenvalue weighted by molar-refractivity contribution is -0.143. The fourth-order valence-electron chi connectivity index (χ4n) is 0.546. The van der Waals surface area contributed by atoms with Crippen molar-refractivity contribution in [3.63, 3.8) is 0 Å². The monoisotopic (exact) mass is 256 g/mol. The van der Waals surface area contributed by atoms with E-state index in [2.05, 4.69) is 29.5 Å². The molecular weight excluding hydrogens is 243 g/mol. The first-order valence-electron chi connectivity index (χ1n) is 3.52. The molecule has 0 unspecified atom stereocenters. The minimum absolute atomic E-state index is 0.0569. The van der Waals surface area contributed by atoms with E-state index >= 15 is 0 Å². The van der Waals surface area contributed by atoms with Gasteiger partial charge in [-0.25, -0.2) is 0 Å². The van der Waals surface area contributed by atoms with Crippen LogP contribution in [0.4, 0.5) is 0 Å². The molecule has 10 heavy (non-hydrogen) atoms. The van der Waals surface area contributed by atoms with Crippen LogP contribution < -0.4 is 0 Å². The highest BCUT2D eigenvalue weighted by molar-refractivity contribution is 14.1. The number of carbonyl (C=O) groups is 1. The highest BCUT2D eigenvalue weighted by Crippen LogP contribution is 1.96. The summed E-state index contributed by atoms with van der Waals surface area (Å²) in [6, 6.07) is 0. The third-order valence-electron chi connectivity index (χ3n) is 1.07. The van der Waals surface area contributed by atoms with Crippen LogP contribution in [0.1, 0.15) is 26.2 Å². The first kappa shape index (κ1) is 10.2. The Morgan fingerprint density at radius 3 is 2.80 bits per heavy atom. The topological polar surface area (TPSA) is 26.3 Å². The summed E-state index contributed by atoms with van der Waals surface area (Å²) in [6.45, 7) is 2.62. The van der Waals surface area contributed by atoms with Crippen molar-refractivity contribution in [2.45, 2.75) is 26.2 Å². The quantitative estimate of drug-likeness (QED) is 0.428. The highest BCUT2D eigenvalue weighted by atomic mass is 127. The smallest absolute Gasteiger partial charge is 0.305 e. The average molecular weight is 256 g/mol. The molecule has 0 amide bonds. The predicted molar refractivity (Wildman–Crippen MR) is 49.4 cm³/mol. The van der Waals surface area contributed by atoms with Crippen LogP contribution in [0.15, 0.2) is 0 Å². The number of hydrogen-bond acceptors (Lipinski definition) is 2. The van der Waals surface area contributed by atoms with Gasteiger partial charge in [-0.2, -0.15) is 0 Å². The number of ether oxygens (including phenoxy) is 1. The lowest BCUT2D eigenvalue weighted by atomic mass is 10.3. The Morgan fingerprint density at radius 1 is 1.60 bits per heavy atom. The molecule has 0 N–H and O–H groups in total. The molecule has 0 saturated carbocycles. The summed E-state index contributed by atoms with van der Waals surface area (Å²) < 4.78 is 5.73. The van der Waals surface area contributed by atoms with Gasteiger partial charge in [0.25, 0.3) is 0 Å². The number of halogens is 1. The van der Waals surface area contributed by atoms with Crippen molar-refractivity contribution in [2.24, 2.45) is 0 Å². The predicted octanol–water partition coefficient (Wildman–Crippen LogP) is 2.15. The molecule has 0 saturated heterocycles. The van der Waals surface area contributed by atoms with E-state index in [0.29, 0.717) is 13.0 Å². The molecule has 0 heterocycles. The Bertz CT molecular complexity index is 83.6. The van der Waals surface area contributed by atoms with Crippen LogP contribution in [-0.4, -0.2) is 17.0 Å². The second-order valence-corrected chi connectivity index (χ2v) is 3.09. The SMILES string of the molecule is CCCCC(=O)OCCI. The molecule has 0 bridgehead atoms. The van der Waals surface area contributed by atoms with Gasteiger partial charge in [-0.05, 0) is 6.42 Å². The maximum Gasteiger partial charge on any atom is 0.305 e. The molecule has 60 valence electrons. The Kier molecular flexibility index (Phi) is 7.45. The van der Waals surface area contributed by atoms with Crippen molar-refractivity contribution in [2.75, 3.05) is 11.0 Å². The molecule has 0 aromatic rings. The Hall–Kier alpha value is 0.200. The van der Waals surface area contributed by atoms with Crippen molar-refractivity contribution in [1.82, 2.24) is 0 Å². The highest BCUT2D eigenvalue weighted by Gasteiger charge is 1.98. The zero-order valence-electron chi connectivity index (χ0n) is 6.23. The summed E-state index contributed by atoms with van der Waals surface area (Å²) in [6.07, 6.45) is 2.58. The Labute approximate surface area is 75.5 Å². The van der Waals surface area contributed by atoms with E-state index in [-0.39, 0.29) is 5.97 Å². The van der Waals surface area contributed by atoms with Crippen LogP contribution in [0.25, 0.3) is 0 Å². The molecule has 0 spiro atoms. The molecule has 2 nitrogen and oxygen atoms in total. The van der Waals surface area contributed by atoms with Gasteiger partial charge >= 0.3 is 5.97 Å². The third kappa shape index (κ3) is 6.32. The average Bonchev–Trinajstić information content (AvgIpc) is 1.97. The Balaban J connectivity index is 3.09. The van der Waals surface area contributed by atoms with Crippen LogP contribution in [0.2, 0.25) is 0 Å². The maximum atomic E-state index is 10.7. The first-order chi connectivity index (χ1) is 4.81. The second kappa shape index (κ2) is 7.31. The van der Waals surface area contributed by atoms with Gasteiger partial charge in [0, 0.05) is 10.8 Å². The van der Waals surface area contributed by atoms with Crippen LogP contribution in [-0.2, 0) is 9.53 Å². The van der Waals surface area contributed by atoms with E-state index in [1.165, 1.54) is 0 Å². The molecule has 0 aliphatic heterocycles. The van der Waals surface area contributed by atoms with Crippen LogP contribution in [0.3, 0.4) is 0 Å². The van der Waals surface area contributed by atoms with Gasteiger partial charge in [-0.15, -0.1) is 0 Å². The van der Waals surface area contributed by atoms with Gasteiger partial charge in [0.15, 0.2) is 0 Å². The van der Waals surface area contributed by atoms with E-state index in [0.717, 1.165) is 17.3 Å². The summed E-state index contributed by atoms with van der Waals surface area (Å²) in [5.41, 5.74) is 0. The van der Waals surface area contributed by atoms with Crippen molar-refractivity contribution < 1.29 is 9.53 Å². The largest absolute Gasteiger partial charge is 0.465 e. The van der Waals surface area contributed by atoms with E-state index in [1.807, 2.05) is 0 Å². The zero-order valence-corrected chi connectivity index (χ0v) is 8.39. The summed E-state index contributed by atoms with van der Waals surface area (Å²) in [4.78, 5) is 10.7. The number of hydrogen-bond donors (Lipinski definition) is 0. The molecule has 0 fully saturated rings. The second-order valence-electron chi connectivity index (χ2n) is 2.01. The maximum absolute atomic E-state index is 10.7. The van der Waals surface area contributed by atoms with Crippen LogP contribution in [0, 0.1) is 0 Å². The lowest BCUT2D eigenvalue weighted by Gasteiger charge is -1.99. The van der Waals surface area contributed by atoms with Gasteiger partial charge in [0.2, 0.25) is 0 Å². The summed E-state index contributed by atoms with van der Waals surface area (Å²) in [5.74, 6) is -0.0569. The zero-order chi connectivity index (χ0) is 7.82. The van der Waals surface area contributed by atoms with Gasteiger partial charge < -0.3 is 4.74 Å². The van der Waals surface area contributed by atoms with E-state index in [1.54, 1.807) is 0 Å². The number of alkyl halides is 1. The molecule has 0 rings (SSSR count). The van der Waals surface area contributed by atoms with Crippen LogP contribution in [0.5, 0.6) is 0 Å². The standard InChI is InChI=1S/C7H13IO2/c1-2-3-4-7(9)10-6-5-8/h2-6H2,1H3. The molecular formula is C7H13IO2. The molecule has 0 aromatic carbocycles. The fraction of sp³-hybridized carbons (Fsp3) is 0.857. The molecule has 0 aliphatic rings. The number of rotatable bonds is 5. The van der Waals surface area contributed by atoms with Gasteiger partial charge in [-0.1, -0.05) is 35.9 Å². The van der Waals surface area contributed by atoms with Crippen molar-refractivity contribution in [1.29, 1.82) is 0 Å². The normalized spacial score (nSPS) is 9.40. The van der Waals surface area contributed by atoms with E-state index < -0.39 is 0 Å². The molecule has 0 aliphatic carbocycles. The van der Waals surface area contributed by atoms with Gasteiger partial charge in [0.05, 0.1) is 0 Å². The minimum atomic E-state index is -0.0569. The summed E-state index contributed by atoms with van der Waals surface area (Å²) in [7, 11) is 0. The van der Waals surface area contributed by atoms with Gasteiger partial charge in [0.1, 0.15) is 6.61 Å². The molecule has 0 radical (unpaired) electrons. The number of unbranched alkanes of at least 4 members (excludes halogenated alkanes) is 1. The Morgan fingerprint density at radius 2 is 2.30 bits per heavy atom. The molecule has 0 atom stereocenters. The molecule has 3 heteroatoms. The number of esters is 1. The van der Waals surface area contributed by atoms with Crippen molar-refractivity contribution >= 4 is 28.6 Å². The number of carbonyl (C=O) groups excluding carboxylic acids is 1. The fourth-order valence-corrected chi connectivity index (χ4v) is 0.766. The molecule has 0 aromatic heterocycles. The minimum Gasteiger partial charge on any atom is -0.465 e. The van der Waals surface area contributed by atoms with Gasteiger partial charge in [-0.3, -0.25) is 4.79 Å². The van der Waals surface area contributed by atoms with Crippen LogP contribution >= 0.6 is 22.6 Å². The third-order valence-corrected chi connectivity index (χ3v) is 1.52. The van der Waals surface area contributed by atoms with Crippen molar-refractivity contribution in [3.05, 3.63) is 0 Å². The lowest BCUT2D eigenvalue weighted by Crippen LogP contribution is -2.05. The van der Waals surface area contributed by atoms with Crippen molar-refractivity contribution in [3.8, 4) is 0 Å².